The number of hydrogen-bond donors (Lipinski definition) is 1. The van der Waals surface area contributed by atoms with Crippen LogP contribution < -0.4 is 5.32 Å². The van der Waals surface area contributed by atoms with Crippen LogP contribution in [-0.2, 0) is 14.3 Å². The zero-order valence-corrected chi connectivity index (χ0v) is 19.0. The highest BCUT2D eigenvalue weighted by atomic mass is 16.5. The van der Waals surface area contributed by atoms with E-state index in [1.165, 1.54) is 7.11 Å². The standard InChI is InChI=1S/C25H32N2O4/c1-16(2)31-14-8-13-27-23(20-9-6-7-10-21(20)24(27)28)26-22(25(29)30-5)19-12-11-17(3)15-18(19)4/h6-7,9-12,15-16,22-23,26H,8,13-14H2,1-5H3/t22-,23-/m1/s1. The first-order valence-corrected chi connectivity index (χ1v) is 10.8. The van der Waals surface area contributed by atoms with Crippen molar-refractivity contribution in [3.8, 4) is 0 Å². The van der Waals surface area contributed by atoms with Crippen molar-refractivity contribution >= 4 is 11.9 Å². The largest absolute Gasteiger partial charge is 0.468 e. The molecular formula is C25H32N2O4. The maximum Gasteiger partial charge on any atom is 0.327 e. The molecule has 0 bridgehead atoms. The summed E-state index contributed by atoms with van der Waals surface area (Å²) in [6.45, 7) is 9.08. The highest BCUT2D eigenvalue weighted by molar-refractivity contribution is 5.99. The number of benzene rings is 2. The van der Waals surface area contributed by atoms with E-state index in [1.54, 1.807) is 4.90 Å². The van der Waals surface area contributed by atoms with Crippen LogP contribution in [0.25, 0.3) is 0 Å². The molecule has 3 rings (SSSR count). The highest BCUT2D eigenvalue weighted by Crippen LogP contribution is 2.34. The molecule has 1 aliphatic heterocycles. The topological polar surface area (TPSA) is 67.9 Å². The Hall–Kier alpha value is -2.70. The first-order valence-electron chi connectivity index (χ1n) is 10.8. The number of esters is 1. The summed E-state index contributed by atoms with van der Waals surface area (Å²) in [5, 5.41) is 3.42. The molecule has 0 radical (unpaired) electrons. The molecule has 0 aromatic heterocycles. The smallest absolute Gasteiger partial charge is 0.327 e. The van der Waals surface area contributed by atoms with E-state index in [0.29, 0.717) is 25.1 Å². The van der Waals surface area contributed by atoms with Crippen molar-refractivity contribution in [1.82, 2.24) is 10.2 Å². The number of hydrogen-bond acceptors (Lipinski definition) is 5. The first kappa shape index (κ1) is 23.0. The number of carbonyl (C=O) groups is 2. The lowest BCUT2D eigenvalue weighted by atomic mass is 9.98. The molecule has 2 aromatic carbocycles. The molecule has 166 valence electrons. The summed E-state index contributed by atoms with van der Waals surface area (Å²) in [5.41, 5.74) is 4.50. The Morgan fingerprint density at radius 1 is 1.16 bits per heavy atom. The van der Waals surface area contributed by atoms with Crippen LogP contribution in [0.1, 0.15) is 65.1 Å². The van der Waals surface area contributed by atoms with Crippen LogP contribution in [0.15, 0.2) is 42.5 Å². The summed E-state index contributed by atoms with van der Waals surface area (Å²) in [5.74, 6) is -0.422. The molecule has 2 aromatic rings. The van der Waals surface area contributed by atoms with Gasteiger partial charge in [0.2, 0.25) is 0 Å². The number of fused-ring (bicyclic) bond motifs is 1. The number of methoxy groups -OCH3 is 1. The fourth-order valence-corrected chi connectivity index (χ4v) is 4.04. The van der Waals surface area contributed by atoms with E-state index in [2.05, 4.69) is 5.32 Å². The van der Waals surface area contributed by atoms with E-state index in [1.807, 2.05) is 70.2 Å². The van der Waals surface area contributed by atoms with Crippen molar-refractivity contribution < 1.29 is 19.1 Å². The minimum absolute atomic E-state index is 0.0399. The van der Waals surface area contributed by atoms with Crippen molar-refractivity contribution in [2.24, 2.45) is 0 Å². The molecule has 31 heavy (non-hydrogen) atoms. The van der Waals surface area contributed by atoms with Crippen LogP contribution in [0.3, 0.4) is 0 Å². The molecule has 1 amide bonds. The number of rotatable bonds is 9. The van der Waals surface area contributed by atoms with Crippen molar-refractivity contribution in [1.29, 1.82) is 0 Å². The van der Waals surface area contributed by atoms with E-state index >= 15 is 0 Å². The van der Waals surface area contributed by atoms with Gasteiger partial charge in [-0.25, -0.2) is 4.79 Å². The van der Waals surface area contributed by atoms with E-state index in [-0.39, 0.29) is 18.0 Å². The number of ether oxygens (including phenoxy) is 2. The Balaban J connectivity index is 1.90. The van der Waals surface area contributed by atoms with Gasteiger partial charge in [-0.05, 0) is 51.3 Å². The lowest BCUT2D eigenvalue weighted by Gasteiger charge is -2.30. The Kier molecular flexibility index (Phi) is 7.46. The molecule has 1 N–H and O–H groups in total. The van der Waals surface area contributed by atoms with Crippen LogP contribution in [0.5, 0.6) is 0 Å². The minimum atomic E-state index is -0.691. The van der Waals surface area contributed by atoms with Crippen LogP contribution in [0.2, 0.25) is 0 Å². The average molecular weight is 425 g/mol. The summed E-state index contributed by atoms with van der Waals surface area (Å²) in [6, 6.07) is 12.8. The number of carbonyl (C=O) groups excluding carboxylic acids is 2. The van der Waals surface area contributed by atoms with Gasteiger partial charge in [0.05, 0.1) is 13.2 Å². The van der Waals surface area contributed by atoms with Gasteiger partial charge in [-0.3, -0.25) is 10.1 Å². The second-order valence-electron chi connectivity index (χ2n) is 8.24. The molecule has 0 aliphatic carbocycles. The lowest BCUT2D eigenvalue weighted by molar-refractivity contribution is -0.144. The molecule has 0 spiro atoms. The molecular weight excluding hydrogens is 392 g/mol. The summed E-state index contributed by atoms with van der Waals surface area (Å²) >= 11 is 0. The maximum atomic E-state index is 13.1. The maximum absolute atomic E-state index is 13.1. The third kappa shape index (κ3) is 5.14. The van der Waals surface area contributed by atoms with Gasteiger partial charge in [-0.15, -0.1) is 0 Å². The van der Waals surface area contributed by atoms with E-state index < -0.39 is 12.2 Å². The Morgan fingerprint density at radius 2 is 1.90 bits per heavy atom. The summed E-state index contributed by atoms with van der Waals surface area (Å²) in [6.07, 6.45) is 0.434. The van der Waals surface area contributed by atoms with Crippen LogP contribution >= 0.6 is 0 Å². The summed E-state index contributed by atoms with van der Waals surface area (Å²) in [7, 11) is 1.38. The van der Waals surface area contributed by atoms with Crippen LogP contribution in [0.4, 0.5) is 0 Å². The monoisotopic (exact) mass is 424 g/mol. The van der Waals surface area contributed by atoms with Crippen molar-refractivity contribution in [3.63, 3.8) is 0 Å². The normalized spacial score (nSPS) is 16.5. The first-order chi connectivity index (χ1) is 14.8. The number of nitrogens with zero attached hydrogens (tertiary/aromatic N) is 1. The Morgan fingerprint density at radius 3 is 2.58 bits per heavy atom. The van der Waals surface area contributed by atoms with Gasteiger partial charge in [0.25, 0.3) is 5.91 Å². The predicted octanol–water partition coefficient (Wildman–Crippen LogP) is 4.08. The predicted molar refractivity (Wildman–Crippen MR) is 120 cm³/mol. The Bertz CT molecular complexity index is 941. The third-order valence-electron chi connectivity index (χ3n) is 5.55. The van der Waals surface area contributed by atoms with E-state index in [0.717, 1.165) is 22.3 Å². The number of nitrogens with one attached hydrogen (secondary N) is 1. The molecule has 6 nitrogen and oxygen atoms in total. The van der Waals surface area contributed by atoms with Gasteiger partial charge in [0.1, 0.15) is 12.2 Å². The fourth-order valence-electron chi connectivity index (χ4n) is 4.04. The van der Waals surface area contributed by atoms with Gasteiger partial charge < -0.3 is 14.4 Å². The zero-order valence-electron chi connectivity index (χ0n) is 19.0. The van der Waals surface area contributed by atoms with Gasteiger partial charge in [-0.2, -0.15) is 0 Å². The molecule has 1 aliphatic rings. The second kappa shape index (κ2) is 10.1. The second-order valence-corrected chi connectivity index (χ2v) is 8.24. The SMILES string of the molecule is COC(=O)[C@H](N[C@H]1c2ccccc2C(=O)N1CCCOC(C)C)c1ccc(C)cc1C. The van der Waals surface area contributed by atoms with Crippen molar-refractivity contribution in [2.75, 3.05) is 20.3 Å². The van der Waals surface area contributed by atoms with Gasteiger partial charge in [0, 0.05) is 24.3 Å². The fraction of sp³-hybridized carbons (Fsp3) is 0.440. The summed E-state index contributed by atoms with van der Waals surface area (Å²) in [4.78, 5) is 27.7. The molecule has 0 saturated heterocycles. The third-order valence-corrected chi connectivity index (χ3v) is 5.55. The van der Waals surface area contributed by atoms with Gasteiger partial charge in [0.15, 0.2) is 0 Å². The van der Waals surface area contributed by atoms with Crippen molar-refractivity contribution in [3.05, 3.63) is 70.3 Å². The molecule has 1 heterocycles. The molecule has 0 unspecified atom stereocenters. The quantitative estimate of drug-likeness (QED) is 0.485. The van der Waals surface area contributed by atoms with Crippen molar-refractivity contribution in [2.45, 2.75) is 52.4 Å². The number of amides is 1. The van der Waals surface area contributed by atoms with Gasteiger partial charge >= 0.3 is 5.97 Å². The Labute approximate surface area is 184 Å². The average Bonchev–Trinajstić information content (AvgIpc) is 3.00. The van der Waals surface area contributed by atoms with E-state index in [9.17, 15) is 9.59 Å². The lowest BCUT2D eigenvalue weighted by Crippen LogP contribution is -2.42. The molecule has 2 atom stereocenters. The van der Waals surface area contributed by atoms with Gasteiger partial charge in [-0.1, -0.05) is 42.0 Å². The summed E-state index contributed by atoms with van der Waals surface area (Å²) < 4.78 is 10.8. The molecule has 0 fully saturated rings. The van der Waals surface area contributed by atoms with Crippen LogP contribution in [0, 0.1) is 13.8 Å². The minimum Gasteiger partial charge on any atom is -0.468 e. The molecule has 0 saturated carbocycles. The van der Waals surface area contributed by atoms with Crippen LogP contribution in [-0.4, -0.2) is 43.1 Å². The highest BCUT2D eigenvalue weighted by Gasteiger charge is 2.39. The van der Waals surface area contributed by atoms with E-state index in [4.69, 9.17) is 9.47 Å². The number of aryl methyl sites for hydroxylation is 2. The zero-order chi connectivity index (χ0) is 22.5. The molecule has 6 heteroatoms.